The highest BCUT2D eigenvalue weighted by molar-refractivity contribution is 7.92. The van der Waals surface area contributed by atoms with E-state index < -0.39 is 22.2 Å². The Labute approximate surface area is 227 Å². The van der Waals surface area contributed by atoms with Crippen LogP contribution in [0.4, 0.5) is 24.5 Å². The van der Waals surface area contributed by atoms with Crippen LogP contribution in [0.3, 0.4) is 0 Å². The molecule has 2 aromatic carbocycles. The van der Waals surface area contributed by atoms with E-state index in [9.17, 15) is 26.4 Å². The van der Waals surface area contributed by atoms with Gasteiger partial charge >= 0.3 is 12.1 Å². The van der Waals surface area contributed by atoms with Gasteiger partial charge in [-0.25, -0.2) is 13.2 Å². The average molecular weight is 573 g/mol. The van der Waals surface area contributed by atoms with E-state index in [-0.39, 0.29) is 10.8 Å². The summed E-state index contributed by atoms with van der Waals surface area (Å²) < 4.78 is 60.4. The molecule has 1 aliphatic heterocycles. The minimum atomic E-state index is -5.08. The molecular formula is C26H35F3N4O5S. The number of unbranched alkanes of at least 4 members (excludes halogenated alkanes) is 1. The molecule has 0 radical (unpaired) electrons. The smallest absolute Gasteiger partial charge is 0.475 e. The SMILES string of the molecule is CCCCN(C)C(=O)c1cc(NS(=O)(=O)c2ccc(C)c(C)c2)ccc1N1CCNCC1.O=C(O)C(F)(F)F. The lowest BCUT2D eigenvalue weighted by Crippen LogP contribution is -2.44. The third kappa shape index (κ3) is 9.13. The number of benzene rings is 2. The molecule has 9 nitrogen and oxygen atoms in total. The molecule has 0 aromatic heterocycles. The Kier molecular flexibility index (Phi) is 11.2. The summed E-state index contributed by atoms with van der Waals surface area (Å²) in [4.78, 5) is 26.3. The Morgan fingerprint density at radius 3 is 2.23 bits per heavy atom. The molecule has 0 saturated carbocycles. The molecule has 1 saturated heterocycles. The molecule has 0 atom stereocenters. The maximum absolute atomic E-state index is 13.3. The van der Waals surface area contributed by atoms with Gasteiger partial charge in [0.05, 0.1) is 10.5 Å². The number of hydrogen-bond acceptors (Lipinski definition) is 6. The summed E-state index contributed by atoms with van der Waals surface area (Å²) in [5.74, 6) is -2.85. The van der Waals surface area contributed by atoms with Gasteiger partial charge in [0.15, 0.2) is 0 Å². The van der Waals surface area contributed by atoms with Crippen molar-refractivity contribution in [2.45, 2.75) is 44.7 Å². The van der Waals surface area contributed by atoms with E-state index in [2.05, 4.69) is 21.9 Å². The summed E-state index contributed by atoms with van der Waals surface area (Å²) in [6.07, 6.45) is -3.16. The summed E-state index contributed by atoms with van der Waals surface area (Å²) >= 11 is 0. The molecule has 39 heavy (non-hydrogen) atoms. The largest absolute Gasteiger partial charge is 0.490 e. The lowest BCUT2D eigenvalue weighted by molar-refractivity contribution is -0.192. The number of aliphatic carboxylic acids is 1. The average Bonchev–Trinajstić information content (AvgIpc) is 2.88. The maximum atomic E-state index is 13.3. The van der Waals surface area contributed by atoms with Gasteiger partial charge < -0.3 is 20.2 Å². The van der Waals surface area contributed by atoms with Crippen molar-refractivity contribution in [1.82, 2.24) is 10.2 Å². The number of nitrogens with one attached hydrogen (secondary N) is 2. The Balaban J connectivity index is 0.000000673. The van der Waals surface area contributed by atoms with Crippen LogP contribution in [0.15, 0.2) is 41.3 Å². The highest BCUT2D eigenvalue weighted by Crippen LogP contribution is 2.28. The van der Waals surface area contributed by atoms with Crippen LogP contribution < -0.4 is 14.9 Å². The van der Waals surface area contributed by atoms with E-state index in [0.717, 1.165) is 55.8 Å². The van der Waals surface area contributed by atoms with Crippen LogP contribution in [0.25, 0.3) is 0 Å². The number of alkyl halides is 3. The molecule has 1 heterocycles. The first kappa shape index (κ1) is 31.9. The Hall–Kier alpha value is -3.32. The molecule has 1 aliphatic rings. The molecule has 2 aromatic rings. The second-order valence-corrected chi connectivity index (χ2v) is 10.9. The molecule has 3 N–H and O–H groups in total. The number of aryl methyl sites for hydroxylation is 2. The van der Waals surface area contributed by atoms with Crippen molar-refractivity contribution in [1.29, 1.82) is 0 Å². The number of amides is 1. The zero-order valence-electron chi connectivity index (χ0n) is 22.4. The molecule has 216 valence electrons. The van der Waals surface area contributed by atoms with Gasteiger partial charge in [-0.05, 0) is 61.7 Å². The second-order valence-electron chi connectivity index (χ2n) is 9.20. The van der Waals surface area contributed by atoms with Crippen LogP contribution in [0, 0.1) is 13.8 Å². The first-order valence-corrected chi connectivity index (χ1v) is 13.9. The minimum absolute atomic E-state index is 0.0980. The number of carboxylic acids is 1. The van der Waals surface area contributed by atoms with Gasteiger partial charge in [-0.2, -0.15) is 13.2 Å². The summed E-state index contributed by atoms with van der Waals surface area (Å²) in [5.41, 5.74) is 3.69. The van der Waals surface area contributed by atoms with Crippen molar-refractivity contribution in [2.24, 2.45) is 0 Å². The van der Waals surface area contributed by atoms with Gasteiger partial charge in [-0.15, -0.1) is 0 Å². The van der Waals surface area contributed by atoms with E-state index >= 15 is 0 Å². The maximum Gasteiger partial charge on any atom is 0.490 e. The lowest BCUT2D eigenvalue weighted by atomic mass is 10.1. The van der Waals surface area contributed by atoms with Gasteiger partial charge in [0.25, 0.3) is 15.9 Å². The Morgan fingerprint density at radius 1 is 1.08 bits per heavy atom. The first-order valence-electron chi connectivity index (χ1n) is 12.4. The fourth-order valence-corrected chi connectivity index (χ4v) is 4.88. The number of sulfonamides is 1. The van der Waals surface area contributed by atoms with E-state index in [1.807, 2.05) is 19.9 Å². The van der Waals surface area contributed by atoms with Gasteiger partial charge in [0, 0.05) is 51.1 Å². The number of anilines is 2. The van der Waals surface area contributed by atoms with Crippen molar-refractivity contribution in [3.05, 3.63) is 53.1 Å². The van der Waals surface area contributed by atoms with Crippen molar-refractivity contribution >= 4 is 33.3 Å². The summed E-state index contributed by atoms with van der Waals surface area (Å²) in [5, 5.41) is 10.4. The van der Waals surface area contributed by atoms with Crippen molar-refractivity contribution in [3.63, 3.8) is 0 Å². The van der Waals surface area contributed by atoms with Crippen molar-refractivity contribution < 1.29 is 36.3 Å². The highest BCUT2D eigenvalue weighted by Gasteiger charge is 2.38. The zero-order chi connectivity index (χ0) is 29.4. The van der Waals surface area contributed by atoms with Gasteiger partial charge in [-0.3, -0.25) is 9.52 Å². The standard InChI is InChI=1S/C24H34N4O3S.C2HF3O2/c1-5-6-13-27(4)24(29)22-17-20(8-10-23(22)28-14-11-25-12-15-28)26-32(30,31)21-9-7-18(2)19(3)16-21;3-2(4,5)1(6)7/h7-10,16-17,25-26H,5-6,11-15H2,1-4H3;(H,6,7). The third-order valence-electron chi connectivity index (χ3n) is 6.16. The highest BCUT2D eigenvalue weighted by atomic mass is 32.2. The summed E-state index contributed by atoms with van der Waals surface area (Å²) in [6.45, 7) is 9.88. The molecule has 3 rings (SSSR count). The molecule has 13 heteroatoms. The molecule has 0 aliphatic carbocycles. The topological polar surface area (TPSA) is 119 Å². The first-order chi connectivity index (χ1) is 18.2. The van der Waals surface area contributed by atoms with Crippen molar-refractivity contribution in [3.8, 4) is 0 Å². The summed E-state index contributed by atoms with van der Waals surface area (Å²) in [7, 11) is -1.97. The number of carbonyl (C=O) groups excluding carboxylic acids is 1. The van der Waals surface area contributed by atoms with Crippen LogP contribution in [0.1, 0.15) is 41.3 Å². The number of carboxylic acid groups (broad SMARTS) is 1. The fraction of sp³-hybridized carbons (Fsp3) is 0.462. The van der Waals surface area contributed by atoms with Crippen molar-refractivity contribution in [2.75, 3.05) is 49.4 Å². The number of rotatable bonds is 8. The number of piperazine rings is 1. The fourth-order valence-electron chi connectivity index (χ4n) is 3.75. The predicted octanol–water partition coefficient (Wildman–Crippen LogP) is 4.02. The van der Waals surface area contributed by atoms with Gasteiger partial charge in [0.1, 0.15) is 0 Å². The molecule has 0 bridgehead atoms. The quantitative estimate of drug-likeness (QED) is 0.437. The van der Waals surface area contributed by atoms with Crippen LogP contribution in [0.5, 0.6) is 0 Å². The lowest BCUT2D eigenvalue weighted by Gasteiger charge is -2.32. The van der Waals surface area contributed by atoms with Crippen LogP contribution in [0.2, 0.25) is 0 Å². The van der Waals surface area contributed by atoms with Crippen LogP contribution >= 0.6 is 0 Å². The minimum Gasteiger partial charge on any atom is -0.475 e. The van der Waals surface area contributed by atoms with Crippen LogP contribution in [-0.4, -0.2) is 76.2 Å². The van der Waals surface area contributed by atoms with E-state index in [0.29, 0.717) is 17.8 Å². The number of nitrogens with zero attached hydrogens (tertiary/aromatic N) is 2. The predicted molar refractivity (Wildman–Crippen MR) is 144 cm³/mol. The van der Waals surface area contributed by atoms with E-state index in [4.69, 9.17) is 9.90 Å². The summed E-state index contributed by atoms with van der Waals surface area (Å²) in [6, 6.07) is 10.3. The van der Waals surface area contributed by atoms with Crippen LogP contribution in [-0.2, 0) is 14.8 Å². The molecule has 1 amide bonds. The molecule has 1 fully saturated rings. The van der Waals surface area contributed by atoms with Gasteiger partial charge in [0.2, 0.25) is 0 Å². The zero-order valence-corrected chi connectivity index (χ0v) is 23.2. The Bertz CT molecular complexity index is 1260. The number of hydrogen-bond donors (Lipinski definition) is 3. The second kappa shape index (κ2) is 13.7. The normalized spacial score (nSPS) is 13.8. The number of carbonyl (C=O) groups is 2. The number of halogens is 3. The third-order valence-corrected chi connectivity index (χ3v) is 7.54. The monoisotopic (exact) mass is 572 g/mol. The van der Waals surface area contributed by atoms with E-state index in [1.165, 1.54) is 0 Å². The molecular weight excluding hydrogens is 537 g/mol. The Morgan fingerprint density at radius 2 is 1.69 bits per heavy atom. The van der Waals surface area contributed by atoms with Gasteiger partial charge in [-0.1, -0.05) is 19.4 Å². The molecule has 0 spiro atoms. The molecule has 0 unspecified atom stereocenters. The van der Waals surface area contributed by atoms with E-state index in [1.54, 1.807) is 42.3 Å².